The summed E-state index contributed by atoms with van der Waals surface area (Å²) in [5.74, 6) is -1.11. The van der Waals surface area contributed by atoms with E-state index < -0.39 is 5.97 Å². The van der Waals surface area contributed by atoms with Crippen LogP contribution in [0.2, 0.25) is 0 Å². The lowest BCUT2D eigenvalue weighted by Crippen LogP contribution is -2.28. The Kier molecular flexibility index (Phi) is 3.09. The molecule has 0 radical (unpaired) electrons. The lowest BCUT2D eigenvalue weighted by atomic mass is 9.87. The van der Waals surface area contributed by atoms with Crippen LogP contribution < -0.4 is 0 Å². The van der Waals surface area contributed by atoms with Crippen LogP contribution in [0.5, 0.6) is 0 Å². The van der Waals surface area contributed by atoms with E-state index in [1.807, 2.05) is 6.92 Å². The Hall–Kier alpha value is -0.570. The molecule has 0 bridgehead atoms. The van der Waals surface area contributed by atoms with Crippen molar-refractivity contribution in [1.29, 1.82) is 0 Å². The summed E-state index contributed by atoms with van der Waals surface area (Å²) in [6.45, 7) is 1.86. The molecule has 1 unspecified atom stereocenters. The third-order valence-electron chi connectivity index (χ3n) is 2.81. The van der Waals surface area contributed by atoms with Gasteiger partial charge in [0.15, 0.2) is 0 Å². The number of rotatable bonds is 3. The second-order valence-corrected chi connectivity index (χ2v) is 3.52. The second-order valence-electron chi connectivity index (χ2n) is 3.52. The summed E-state index contributed by atoms with van der Waals surface area (Å²) in [5, 5.41) is 18.3. The molecule has 1 aliphatic rings. The van der Waals surface area contributed by atoms with Crippen LogP contribution in [0.3, 0.4) is 0 Å². The topological polar surface area (TPSA) is 57.5 Å². The minimum absolute atomic E-state index is 0.00694. The van der Waals surface area contributed by atoms with E-state index in [4.69, 9.17) is 5.11 Å². The van der Waals surface area contributed by atoms with Crippen LogP contribution in [0.4, 0.5) is 0 Å². The number of carboxylic acid groups (broad SMARTS) is 1. The molecule has 0 amide bonds. The molecule has 0 aromatic carbocycles. The summed E-state index contributed by atoms with van der Waals surface area (Å²) in [7, 11) is 0. The Labute approximate surface area is 72.4 Å². The first kappa shape index (κ1) is 9.52. The Balaban J connectivity index is 2.58. The van der Waals surface area contributed by atoms with Gasteiger partial charge < -0.3 is 10.2 Å². The van der Waals surface area contributed by atoms with Crippen molar-refractivity contribution >= 4 is 5.97 Å². The highest BCUT2D eigenvalue weighted by Gasteiger charge is 2.35. The Morgan fingerprint density at radius 1 is 1.58 bits per heavy atom. The van der Waals surface area contributed by atoms with Crippen molar-refractivity contribution in [2.45, 2.75) is 38.7 Å². The zero-order chi connectivity index (χ0) is 9.14. The Bertz CT molecular complexity index is 167. The van der Waals surface area contributed by atoms with E-state index in [-0.39, 0.29) is 17.9 Å². The number of aliphatic hydroxyl groups is 1. The van der Waals surface area contributed by atoms with Crippen LogP contribution in [-0.2, 0) is 4.79 Å². The molecule has 2 N–H and O–H groups in total. The highest BCUT2D eigenvalue weighted by Crippen LogP contribution is 2.33. The smallest absolute Gasteiger partial charge is 0.306 e. The van der Waals surface area contributed by atoms with Crippen LogP contribution in [0, 0.1) is 11.8 Å². The standard InChI is InChI=1S/C9H16O3/c1-2-6(9(11)12)7-4-3-5-8(7)10/h6-8,10H,2-5H2,1H3,(H,11,12)/t6?,7-,8+/m0/s1. The molecule has 0 aromatic rings. The zero-order valence-corrected chi connectivity index (χ0v) is 7.36. The van der Waals surface area contributed by atoms with Crippen LogP contribution in [0.1, 0.15) is 32.6 Å². The van der Waals surface area contributed by atoms with Gasteiger partial charge >= 0.3 is 5.97 Å². The summed E-state index contributed by atoms with van der Waals surface area (Å²) in [5.41, 5.74) is 0. The molecule has 3 nitrogen and oxygen atoms in total. The largest absolute Gasteiger partial charge is 0.481 e. The van der Waals surface area contributed by atoms with E-state index in [0.717, 1.165) is 19.3 Å². The molecule has 0 saturated heterocycles. The van der Waals surface area contributed by atoms with E-state index in [9.17, 15) is 9.90 Å². The molecule has 3 heteroatoms. The van der Waals surface area contributed by atoms with Crippen LogP contribution in [0.25, 0.3) is 0 Å². The first-order valence-corrected chi connectivity index (χ1v) is 4.57. The van der Waals surface area contributed by atoms with Crippen molar-refractivity contribution in [1.82, 2.24) is 0 Å². The third-order valence-corrected chi connectivity index (χ3v) is 2.81. The number of hydrogen-bond donors (Lipinski definition) is 2. The minimum Gasteiger partial charge on any atom is -0.481 e. The number of carbonyl (C=O) groups is 1. The van der Waals surface area contributed by atoms with Gasteiger partial charge in [-0.2, -0.15) is 0 Å². The van der Waals surface area contributed by atoms with Crippen molar-refractivity contribution in [3.8, 4) is 0 Å². The summed E-state index contributed by atoms with van der Waals surface area (Å²) in [6, 6.07) is 0. The lowest BCUT2D eigenvalue weighted by Gasteiger charge is -2.20. The van der Waals surface area contributed by atoms with Crippen LogP contribution in [-0.4, -0.2) is 22.3 Å². The summed E-state index contributed by atoms with van der Waals surface area (Å²) in [4.78, 5) is 10.8. The zero-order valence-electron chi connectivity index (χ0n) is 7.36. The normalized spacial score (nSPS) is 31.8. The number of aliphatic carboxylic acids is 1. The molecule has 12 heavy (non-hydrogen) atoms. The highest BCUT2D eigenvalue weighted by atomic mass is 16.4. The summed E-state index contributed by atoms with van der Waals surface area (Å²) < 4.78 is 0. The number of carboxylic acids is 1. The molecule has 3 atom stereocenters. The van der Waals surface area contributed by atoms with Gasteiger partial charge in [0.1, 0.15) is 0 Å². The maximum absolute atomic E-state index is 10.8. The predicted molar refractivity (Wildman–Crippen MR) is 44.8 cm³/mol. The molecule has 0 aromatic heterocycles. The quantitative estimate of drug-likeness (QED) is 0.673. The van der Waals surface area contributed by atoms with E-state index in [1.165, 1.54) is 0 Å². The molecule has 0 aliphatic heterocycles. The predicted octanol–water partition coefficient (Wildman–Crippen LogP) is 1.26. The first-order chi connectivity index (χ1) is 5.66. The molecule has 1 rings (SSSR count). The lowest BCUT2D eigenvalue weighted by molar-refractivity contribution is -0.145. The first-order valence-electron chi connectivity index (χ1n) is 4.57. The van der Waals surface area contributed by atoms with Crippen molar-refractivity contribution in [3.63, 3.8) is 0 Å². The average Bonchev–Trinajstić information content (AvgIpc) is 2.38. The van der Waals surface area contributed by atoms with Crippen LogP contribution >= 0.6 is 0 Å². The van der Waals surface area contributed by atoms with E-state index in [2.05, 4.69) is 0 Å². The number of hydrogen-bond acceptors (Lipinski definition) is 2. The molecule has 1 aliphatic carbocycles. The van der Waals surface area contributed by atoms with Crippen molar-refractivity contribution in [3.05, 3.63) is 0 Å². The van der Waals surface area contributed by atoms with Gasteiger partial charge in [0, 0.05) is 0 Å². The fourth-order valence-corrected chi connectivity index (χ4v) is 2.10. The molecule has 0 heterocycles. The average molecular weight is 172 g/mol. The minimum atomic E-state index is -0.761. The Morgan fingerprint density at radius 3 is 2.58 bits per heavy atom. The van der Waals surface area contributed by atoms with E-state index in [0.29, 0.717) is 6.42 Å². The third kappa shape index (κ3) is 1.78. The fraction of sp³-hybridized carbons (Fsp3) is 0.889. The van der Waals surface area contributed by atoms with Gasteiger partial charge in [-0.25, -0.2) is 0 Å². The van der Waals surface area contributed by atoms with Gasteiger partial charge in [0.2, 0.25) is 0 Å². The van der Waals surface area contributed by atoms with Gasteiger partial charge in [-0.1, -0.05) is 13.3 Å². The van der Waals surface area contributed by atoms with Gasteiger partial charge in [0.05, 0.1) is 12.0 Å². The fourth-order valence-electron chi connectivity index (χ4n) is 2.10. The second kappa shape index (κ2) is 3.90. The molecule has 1 saturated carbocycles. The highest BCUT2D eigenvalue weighted by molar-refractivity contribution is 5.70. The molecule has 1 fully saturated rings. The monoisotopic (exact) mass is 172 g/mol. The SMILES string of the molecule is CCC(C(=O)O)[C@@H]1CCC[C@H]1O. The van der Waals surface area contributed by atoms with Crippen LogP contribution in [0.15, 0.2) is 0 Å². The Morgan fingerprint density at radius 2 is 2.25 bits per heavy atom. The molecular formula is C9H16O3. The van der Waals surface area contributed by atoms with Gasteiger partial charge in [0.25, 0.3) is 0 Å². The summed E-state index contributed by atoms with van der Waals surface area (Å²) in [6.07, 6.45) is 2.85. The maximum Gasteiger partial charge on any atom is 0.306 e. The number of aliphatic hydroxyl groups excluding tert-OH is 1. The molecule has 0 spiro atoms. The van der Waals surface area contributed by atoms with Crippen molar-refractivity contribution < 1.29 is 15.0 Å². The summed E-state index contributed by atoms with van der Waals surface area (Å²) >= 11 is 0. The van der Waals surface area contributed by atoms with E-state index >= 15 is 0 Å². The van der Waals surface area contributed by atoms with Gasteiger partial charge in [-0.15, -0.1) is 0 Å². The van der Waals surface area contributed by atoms with Crippen molar-refractivity contribution in [2.75, 3.05) is 0 Å². The van der Waals surface area contributed by atoms with E-state index in [1.54, 1.807) is 0 Å². The maximum atomic E-state index is 10.8. The van der Waals surface area contributed by atoms with Crippen molar-refractivity contribution in [2.24, 2.45) is 11.8 Å². The van der Waals surface area contributed by atoms with Gasteiger partial charge in [-0.3, -0.25) is 4.79 Å². The molecular weight excluding hydrogens is 156 g/mol. The van der Waals surface area contributed by atoms with Gasteiger partial charge in [-0.05, 0) is 25.2 Å². The molecule has 70 valence electrons.